The van der Waals surface area contributed by atoms with Crippen LogP contribution in [0.1, 0.15) is 26.3 Å². The smallest absolute Gasteiger partial charge is 0.344 e. The molecule has 0 radical (unpaired) electrons. The molecule has 0 saturated heterocycles. The lowest BCUT2D eigenvalue weighted by Crippen LogP contribution is -2.16. The third-order valence-corrected chi connectivity index (χ3v) is 10.7. The molecule has 0 aliphatic rings. The molecule has 0 aliphatic carbocycles. The highest BCUT2D eigenvalue weighted by Gasteiger charge is 2.28. The molecule has 0 fully saturated rings. The molecule has 0 amide bonds. The minimum atomic E-state index is -1.19. The average Bonchev–Trinajstić information content (AvgIpc) is 3.34. The SMILES string of the molecule is COc1cc(-c2oc3cc(O)cc(O)c3c(=O)c2OC(=O)c2cc(O)c(C)c(O)c2)cc(OC)c1OC.COc1ccc(-c2oc3cc(O)cc(O)c3c(=O)c2OC(=O)c2cc(O)c(O)c(O)c2)cc1OC. The van der Waals surface area contributed by atoms with E-state index in [1.165, 1.54) is 72.8 Å². The Morgan fingerprint density at radius 1 is 0.431 bits per heavy atom. The van der Waals surface area contributed by atoms with Crippen molar-refractivity contribution < 1.29 is 97.5 Å². The van der Waals surface area contributed by atoms with E-state index >= 15 is 0 Å². The number of phenolic OH excluding ortho intramolecular Hbond substituents is 9. The second-order valence-electron chi connectivity index (χ2n) is 15.1. The third kappa shape index (κ3) is 9.37. The lowest BCUT2D eigenvalue weighted by molar-refractivity contribution is 0.0721. The maximum absolute atomic E-state index is 13.5. The Bertz CT molecular complexity index is 3540. The lowest BCUT2D eigenvalue weighted by atomic mass is 10.1. The van der Waals surface area contributed by atoms with Gasteiger partial charge in [-0.3, -0.25) is 9.59 Å². The van der Waals surface area contributed by atoms with Gasteiger partial charge in [0.2, 0.25) is 28.1 Å². The summed E-state index contributed by atoms with van der Waals surface area (Å²) >= 11 is 0. The number of rotatable bonds is 11. The Morgan fingerprint density at radius 3 is 1.25 bits per heavy atom. The normalized spacial score (nSPS) is 10.8. The number of aromatic hydroxyl groups is 9. The van der Waals surface area contributed by atoms with Crippen LogP contribution >= 0.6 is 0 Å². The number of carbonyl (C=O) groups excluding carboxylic acids is 2. The van der Waals surface area contributed by atoms with Crippen molar-refractivity contribution in [1.82, 2.24) is 0 Å². The molecule has 8 aromatic rings. The van der Waals surface area contributed by atoms with E-state index in [0.717, 1.165) is 48.5 Å². The summed E-state index contributed by atoms with van der Waals surface area (Å²) in [5.74, 6) is -7.96. The van der Waals surface area contributed by atoms with Gasteiger partial charge in [-0.15, -0.1) is 0 Å². The highest BCUT2D eigenvalue weighted by atomic mass is 16.6. The van der Waals surface area contributed by atoms with Gasteiger partial charge < -0.3 is 88.0 Å². The fourth-order valence-electron chi connectivity index (χ4n) is 7.12. The maximum Gasteiger partial charge on any atom is 0.344 e. The number of benzene rings is 6. The fourth-order valence-corrected chi connectivity index (χ4v) is 7.12. The molecule has 6 aromatic carbocycles. The van der Waals surface area contributed by atoms with E-state index in [2.05, 4.69) is 0 Å². The van der Waals surface area contributed by atoms with Crippen LogP contribution in [0.5, 0.6) is 92.0 Å². The van der Waals surface area contributed by atoms with Crippen LogP contribution in [0.15, 0.2) is 97.3 Å². The van der Waals surface area contributed by atoms with Crippen LogP contribution in [0, 0.1) is 6.92 Å². The van der Waals surface area contributed by atoms with Crippen molar-refractivity contribution in [1.29, 1.82) is 0 Å². The Balaban J connectivity index is 0.000000212. The molecule has 0 unspecified atom stereocenters. The van der Waals surface area contributed by atoms with Crippen molar-refractivity contribution >= 4 is 33.9 Å². The summed E-state index contributed by atoms with van der Waals surface area (Å²) in [5, 5.41) is 88.5. The van der Waals surface area contributed by atoms with E-state index in [4.69, 9.17) is 42.0 Å². The van der Waals surface area contributed by atoms with Gasteiger partial charge in [-0.05, 0) is 61.5 Å². The second kappa shape index (κ2) is 19.8. The second-order valence-corrected chi connectivity index (χ2v) is 15.1. The number of fused-ring (bicyclic) bond motifs is 2. The molecule has 0 saturated carbocycles. The number of esters is 2. The van der Waals surface area contributed by atoms with Gasteiger partial charge >= 0.3 is 11.9 Å². The first-order chi connectivity index (χ1) is 34.2. The van der Waals surface area contributed by atoms with Crippen molar-refractivity contribution in [2.75, 3.05) is 35.5 Å². The molecule has 0 atom stereocenters. The summed E-state index contributed by atoms with van der Waals surface area (Å²) < 4.78 is 48.8. The molecular formula is C50H40O22. The van der Waals surface area contributed by atoms with Gasteiger partial charge in [0, 0.05) is 41.0 Å². The topological polar surface area (TPSA) is 341 Å². The highest BCUT2D eigenvalue weighted by molar-refractivity contribution is 5.96. The largest absolute Gasteiger partial charge is 0.508 e. The van der Waals surface area contributed by atoms with Gasteiger partial charge in [-0.2, -0.15) is 0 Å². The summed E-state index contributed by atoms with van der Waals surface area (Å²) in [5.41, 5.74) is -2.42. The molecule has 9 N–H and O–H groups in total. The van der Waals surface area contributed by atoms with E-state index in [1.807, 2.05) is 0 Å². The number of phenols is 9. The lowest BCUT2D eigenvalue weighted by Gasteiger charge is -2.16. The van der Waals surface area contributed by atoms with Crippen LogP contribution in [-0.2, 0) is 0 Å². The molecule has 72 heavy (non-hydrogen) atoms. The monoisotopic (exact) mass is 992 g/mol. The van der Waals surface area contributed by atoms with Crippen molar-refractivity contribution in [3.8, 4) is 115 Å². The molecule has 372 valence electrons. The number of carbonyl (C=O) groups is 2. The Morgan fingerprint density at radius 2 is 0.833 bits per heavy atom. The summed E-state index contributed by atoms with van der Waals surface area (Å²) in [6, 6.07) is 15.2. The Kier molecular flexibility index (Phi) is 13.7. The van der Waals surface area contributed by atoms with Gasteiger partial charge in [0.05, 0.1) is 46.7 Å². The van der Waals surface area contributed by atoms with E-state index in [9.17, 15) is 65.1 Å². The molecule has 0 spiro atoms. The van der Waals surface area contributed by atoms with Gasteiger partial charge in [0.15, 0.2) is 51.8 Å². The van der Waals surface area contributed by atoms with Gasteiger partial charge in [0.1, 0.15) is 56.4 Å². The van der Waals surface area contributed by atoms with E-state index in [0.29, 0.717) is 5.75 Å². The predicted octanol–water partition coefficient (Wildman–Crippen LogP) is 7.06. The van der Waals surface area contributed by atoms with Gasteiger partial charge in [-0.1, -0.05) is 0 Å². The van der Waals surface area contributed by atoms with Gasteiger partial charge in [-0.25, -0.2) is 9.59 Å². The summed E-state index contributed by atoms with van der Waals surface area (Å²) in [4.78, 5) is 52.6. The molecule has 8 rings (SSSR count). The standard InChI is InChI=1S/C26H22O11.C24H18O11/c1-11-15(28)5-13(6-16(11)29)26(32)37-25-22(31)21-17(30)9-14(27)10-18(21)36-23(25)12-7-19(33-2)24(35-4)20(8-12)34-3;1-32-16-4-3-10(7-17(16)33-2)22-23(21(30)19-13(26)8-12(25)9-18(19)34-22)35-24(31)11-5-14(27)20(29)15(28)6-11/h5-10,27-30H,1-4H3;3-9,25-29H,1-2H3. The molecule has 2 heterocycles. The molecule has 0 bridgehead atoms. The van der Waals surface area contributed by atoms with E-state index in [1.54, 1.807) is 0 Å². The van der Waals surface area contributed by atoms with Crippen LogP contribution in [0.4, 0.5) is 0 Å². The molecule has 22 nitrogen and oxygen atoms in total. The van der Waals surface area contributed by atoms with E-state index < -0.39 is 68.6 Å². The summed E-state index contributed by atoms with van der Waals surface area (Å²) in [6.07, 6.45) is 0. The predicted molar refractivity (Wildman–Crippen MR) is 251 cm³/mol. The van der Waals surface area contributed by atoms with Crippen LogP contribution in [0.3, 0.4) is 0 Å². The fraction of sp³-hybridized carbons (Fsp3) is 0.120. The Hall–Kier alpha value is -10.1. The first kappa shape index (κ1) is 49.8. The third-order valence-electron chi connectivity index (χ3n) is 10.7. The Labute approximate surface area is 403 Å². The molecule has 2 aromatic heterocycles. The van der Waals surface area contributed by atoms with Crippen LogP contribution in [-0.4, -0.2) is 93.4 Å². The van der Waals surface area contributed by atoms with E-state index in [-0.39, 0.29) is 102 Å². The van der Waals surface area contributed by atoms with Crippen molar-refractivity contribution in [3.05, 3.63) is 116 Å². The number of hydrogen-bond acceptors (Lipinski definition) is 22. The van der Waals surface area contributed by atoms with Crippen LogP contribution < -0.4 is 44.0 Å². The molecule has 0 aliphatic heterocycles. The zero-order valence-corrected chi connectivity index (χ0v) is 38.3. The molecular weight excluding hydrogens is 953 g/mol. The number of ether oxygens (including phenoxy) is 7. The molecule has 22 heteroatoms. The zero-order valence-electron chi connectivity index (χ0n) is 38.3. The zero-order chi connectivity index (χ0) is 52.5. The quantitative estimate of drug-likeness (QED) is 0.0462. The first-order valence-electron chi connectivity index (χ1n) is 20.5. The van der Waals surface area contributed by atoms with Crippen molar-refractivity contribution in [2.45, 2.75) is 6.92 Å². The van der Waals surface area contributed by atoms with Crippen molar-refractivity contribution in [3.63, 3.8) is 0 Å². The highest BCUT2D eigenvalue weighted by Crippen LogP contribution is 2.45. The van der Waals surface area contributed by atoms with Gasteiger partial charge in [0.25, 0.3) is 0 Å². The van der Waals surface area contributed by atoms with Crippen LogP contribution in [0.2, 0.25) is 0 Å². The van der Waals surface area contributed by atoms with Crippen LogP contribution in [0.25, 0.3) is 44.6 Å². The minimum Gasteiger partial charge on any atom is -0.508 e. The van der Waals surface area contributed by atoms with Crippen molar-refractivity contribution in [2.24, 2.45) is 0 Å². The summed E-state index contributed by atoms with van der Waals surface area (Å²) in [7, 11) is 6.98. The number of hydrogen-bond donors (Lipinski definition) is 9. The number of methoxy groups -OCH3 is 5. The summed E-state index contributed by atoms with van der Waals surface area (Å²) in [6.45, 7) is 1.44. The first-order valence-corrected chi connectivity index (χ1v) is 20.5. The maximum atomic E-state index is 13.5. The minimum absolute atomic E-state index is 0.143. The average molecular weight is 993 g/mol.